The zero-order valence-corrected chi connectivity index (χ0v) is 13.7. The van der Waals surface area contributed by atoms with Crippen LogP contribution in [0, 0.1) is 0 Å². The van der Waals surface area contributed by atoms with Gasteiger partial charge in [0.2, 0.25) is 0 Å². The lowest BCUT2D eigenvalue weighted by Crippen LogP contribution is -2.41. The minimum atomic E-state index is -4.37. The number of rotatable bonds is 3. The summed E-state index contributed by atoms with van der Waals surface area (Å²) in [5.74, 6) is -0.799. The summed E-state index contributed by atoms with van der Waals surface area (Å²) in [5, 5.41) is 0. The third-order valence-corrected chi connectivity index (χ3v) is 4.89. The lowest BCUT2D eigenvalue weighted by molar-refractivity contribution is -0.0328. The van der Waals surface area contributed by atoms with E-state index in [4.69, 9.17) is 15.0 Å². The molecule has 0 aromatic heterocycles. The molecular weight excluding hydrogens is 314 g/mol. The molecule has 0 unspecified atom stereocenters. The molecule has 8 heteroatoms. The van der Waals surface area contributed by atoms with Crippen LogP contribution < -0.4 is 5.73 Å². The van der Waals surface area contributed by atoms with E-state index in [1.165, 1.54) is 6.07 Å². The van der Waals surface area contributed by atoms with Crippen LogP contribution in [0.15, 0.2) is 29.2 Å². The molecule has 0 amide bonds. The maximum Gasteiger partial charge on any atom is 0.480 e. The second-order valence-corrected chi connectivity index (χ2v) is 7.34. The third-order valence-electron chi connectivity index (χ3n) is 4.07. The smallest absolute Gasteiger partial charge is 0.402 e. The fourth-order valence-electron chi connectivity index (χ4n) is 2.16. The maximum absolute atomic E-state index is 12.7. The normalized spacial score (nSPS) is 21.9. The first-order chi connectivity index (χ1) is 9.93. The fraction of sp³-hybridized carbons (Fsp3) is 0.571. The highest BCUT2D eigenvalue weighted by atomic mass is 32.2. The summed E-state index contributed by atoms with van der Waals surface area (Å²) in [5.41, 5.74) is 0.963. The van der Waals surface area contributed by atoms with Gasteiger partial charge in [-0.3, -0.25) is 0 Å². The molecule has 1 saturated heterocycles. The number of hydrogen-bond donors (Lipinski definition) is 1. The number of alkyl halides is 3. The van der Waals surface area contributed by atoms with Crippen molar-refractivity contribution in [2.24, 2.45) is 5.73 Å². The average molecular weight is 333 g/mol. The molecule has 3 nitrogen and oxygen atoms in total. The van der Waals surface area contributed by atoms with Gasteiger partial charge in [-0.2, -0.15) is 13.2 Å². The second kappa shape index (κ2) is 5.74. The van der Waals surface area contributed by atoms with Gasteiger partial charge in [0.15, 0.2) is 0 Å². The molecule has 2 N–H and O–H groups in total. The molecule has 22 heavy (non-hydrogen) atoms. The molecule has 1 aliphatic heterocycles. The molecule has 0 aliphatic carbocycles. The zero-order valence-electron chi connectivity index (χ0n) is 12.9. The molecule has 0 saturated carbocycles. The van der Waals surface area contributed by atoms with Crippen molar-refractivity contribution in [3.8, 4) is 0 Å². The number of halogens is 3. The van der Waals surface area contributed by atoms with Gasteiger partial charge in [0.1, 0.15) is 0 Å². The van der Waals surface area contributed by atoms with Crippen LogP contribution in [0.1, 0.15) is 39.2 Å². The monoisotopic (exact) mass is 333 g/mol. The van der Waals surface area contributed by atoms with Gasteiger partial charge in [0.25, 0.3) is 0 Å². The van der Waals surface area contributed by atoms with Crippen LogP contribution in [0.4, 0.5) is 13.2 Å². The molecule has 0 bridgehead atoms. The van der Waals surface area contributed by atoms with Crippen LogP contribution in [-0.4, -0.2) is 23.8 Å². The first kappa shape index (κ1) is 17.7. The number of nitrogens with two attached hydrogens (primary N) is 1. The van der Waals surface area contributed by atoms with E-state index in [0.717, 1.165) is 0 Å². The highest BCUT2D eigenvalue weighted by Gasteiger charge is 2.53. The molecule has 1 aromatic rings. The Labute approximate surface area is 132 Å². The Hall–Kier alpha value is -0.695. The Balaban J connectivity index is 2.26. The first-order valence-corrected chi connectivity index (χ1v) is 7.70. The van der Waals surface area contributed by atoms with Crippen molar-refractivity contribution in [3.63, 3.8) is 0 Å². The molecule has 1 aliphatic rings. The van der Waals surface area contributed by atoms with Crippen molar-refractivity contribution in [2.45, 2.75) is 55.2 Å². The predicted octanol–water partition coefficient (Wildman–Crippen LogP) is 3.93. The minimum Gasteiger partial charge on any atom is -0.402 e. The van der Waals surface area contributed by atoms with Crippen molar-refractivity contribution in [1.29, 1.82) is 0 Å². The van der Waals surface area contributed by atoms with Crippen molar-refractivity contribution < 1.29 is 22.5 Å². The van der Waals surface area contributed by atoms with Crippen molar-refractivity contribution in [1.82, 2.24) is 0 Å². The Morgan fingerprint density at radius 1 is 1.09 bits per heavy atom. The van der Waals surface area contributed by atoms with Crippen LogP contribution >= 0.6 is 11.8 Å². The Morgan fingerprint density at radius 2 is 1.59 bits per heavy atom. The van der Waals surface area contributed by atoms with Gasteiger partial charge in [-0.1, -0.05) is 18.2 Å². The molecule has 1 heterocycles. The SMILES string of the molecule is CC1(C)OB([C@@H](N)c2ccccc2SC(F)(F)F)OC1(C)C. The van der Waals surface area contributed by atoms with Gasteiger partial charge in [-0.05, 0) is 51.1 Å². The summed E-state index contributed by atoms with van der Waals surface area (Å²) in [6, 6.07) is 6.18. The molecule has 1 aromatic carbocycles. The fourth-order valence-corrected chi connectivity index (χ4v) is 2.87. The third kappa shape index (κ3) is 3.61. The Kier molecular flexibility index (Phi) is 4.61. The summed E-state index contributed by atoms with van der Waals surface area (Å²) in [7, 11) is -0.792. The van der Waals surface area contributed by atoms with Crippen LogP contribution in [-0.2, 0) is 9.31 Å². The van der Waals surface area contributed by atoms with Crippen LogP contribution in [0.2, 0.25) is 0 Å². The van der Waals surface area contributed by atoms with Gasteiger partial charge < -0.3 is 15.0 Å². The summed E-state index contributed by atoms with van der Waals surface area (Å²) < 4.78 is 49.7. The summed E-state index contributed by atoms with van der Waals surface area (Å²) in [6.07, 6.45) is 0. The molecule has 1 atom stereocenters. The van der Waals surface area contributed by atoms with E-state index in [1.807, 2.05) is 27.7 Å². The molecule has 0 spiro atoms. The molecular formula is C14H19BF3NO2S. The largest absolute Gasteiger partial charge is 0.480 e. The lowest BCUT2D eigenvalue weighted by atomic mass is 9.75. The van der Waals surface area contributed by atoms with E-state index >= 15 is 0 Å². The van der Waals surface area contributed by atoms with E-state index in [9.17, 15) is 13.2 Å². The van der Waals surface area contributed by atoms with Crippen molar-refractivity contribution in [3.05, 3.63) is 29.8 Å². The zero-order chi connectivity index (χ0) is 16.8. The van der Waals surface area contributed by atoms with E-state index in [0.29, 0.717) is 5.56 Å². The highest BCUT2D eigenvalue weighted by Crippen LogP contribution is 2.43. The highest BCUT2D eigenvalue weighted by molar-refractivity contribution is 8.00. The van der Waals surface area contributed by atoms with Gasteiger partial charge in [-0.25, -0.2) is 0 Å². The minimum absolute atomic E-state index is 0.0669. The summed E-state index contributed by atoms with van der Waals surface area (Å²) in [6.45, 7) is 7.48. The van der Waals surface area contributed by atoms with Crippen molar-refractivity contribution in [2.75, 3.05) is 0 Å². The van der Waals surface area contributed by atoms with Gasteiger partial charge >= 0.3 is 12.6 Å². The molecule has 0 radical (unpaired) electrons. The molecule has 122 valence electrons. The van der Waals surface area contributed by atoms with Gasteiger partial charge in [-0.15, -0.1) is 0 Å². The lowest BCUT2D eigenvalue weighted by Gasteiger charge is -2.32. The second-order valence-electron chi connectivity index (χ2n) is 6.24. The molecule has 2 rings (SSSR count). The Morgan fingerprint density at radius 3 is 2.09 bits per heavy atom. The van der Waals surface area contributed by atoms with E-state index in [1.54, 1.807) is 18.2 Å². The number of benzene rings is 1. The van der Waals surface area contributed by atoms with E-state index < -0.39 is 29.8 Å². The standard InChI is InChI=1S/C14H19BF3NO2S/c1-12(2)13(3,4)21-15(20-12)11(19)9-7-5-6-8-10(9)22-14(16,17)18/h5-8,11H,19H2,1-4H3/t11-/m0/s1. The van der Waals surface area contributed by atoms with Crippen LogP contribution in [0.25, 0.3) is 0 Å². The molecule has 1 fully saturated rings. The maximum atomic E-state index is 12.7. The van der Waals surface area contributed by atoms with E-state index in [-0.39, 0.29) is 16.7 Å². The van der Waals surface area contributed by atoms with Crippen molar-refractivity contribution >= 4 is 18.9 Å². The van der Waals surface area contributed by atoms with Gasteiger partial charge in [0, 0.05) is 4.90 Å². The topological polar surface area (TPSA) is 44.5 Å². The quantitative estimate of drug-likeness (QED) is 0.672. The Bertz CT molecular complexity index is 535. The average Bonchev–Trinajstić information content (AvgIpc) is 2.56. The summed E-state index contributed by atoms with van der Waals surface area (Å²) in [4.78, 5) is 0.0669. The van der Waals surface area contributed by atoms with E-state index in [2.05, 4.69) is 0 Å². The van der Waals surface area contributed by atoms with Crippen LogP contribution in [0.3, 0.4) is 0 Å². The van der Waals surface area contributed by atoms with Gasteiger partial charge in [0.05, 0.1) is 17.1 Å². The number of hydrogen-bond acceptors (Lipinski definition) is 4. The first-order valence-electron chi connectivity index (χ1n) is 6.89. The number of thioether (sulfide) groups is 1. The predicted molar refractivity (Wildman–Crippen MR) is 81.4 cm³/mol. The van der Waals surface area contributed by atoms with Crippen LogP contribution in [0.5, 0.6) is 0 Å². The summed E-state index contributed by atoms with van der Waals surface area (Å²) >= 11 is -0.177.